The van der Waals surface area contributed by atoms with E-state index in [1.54, 1.807) is 10.9 Å². The zero-order valence-electron chi connectivity index (χ0n) is 16.9. The van der Waals surface area contributed by atoms with E-state index in [9.17, 15) is 9.59 Å². The zero-order valence-corrected chi connectivity index (χ0v) is 17.7. The first-order valence-corrected chi connectivity index (χ1v) is 10.3. The van der Waals surface area contributed by atoms with Gasteiger partial charge in [-0.05, 0) is 25.8 Å². The van der Waals surface area contributed by atoms with Crippen LogP contribution < -0.4 is 20.6 Å². The molecule has 31 heavy (non-hydrogen) atoms. The number of rotatable bonds is 6. The molecular formula is C19H19N7O4S. The van der Waals surface area contributed by atoms with Gasteiger partial charge < -0.3 is 14.1 Å². The molecule has 3 aromatic heterocycles. The lowest BCUT2D eigenvalue weighted by Gasteiger charge is -2.26. The molecule has 1 amide bonds. The molecule has 0 aliphatic carbocycles. The van der Waals surface area contributed by atoms with Crippen molar-refractivity contribution >= 4 is 28.1 Å². The number of hydrogen-bond acceptors (Lipinski definition) is 10. The number of aryl methyl sites for hydroxylation is 1. The third-order valence-electron chi connectivity index (χ3n) is 4.98. The molecule has 12 heteroatoms. The Balaban J connectivity index is 1.61. The van der Waals surface area contributed by atoms with E-state index in [2.05, 4.69) is 26.7 Å². The fourth-order valence-corrected chi connectivity index (χ4v) is 4.29. The van der Waals surface area contributed by atoms with Crippen molar-refractivity contribution in [3.8, 4) is 17.0 Å². The minimum atomic E-state index is -0.766. The predicted octanol–water partition coefficient (Wildman–Crippen LogP) is 2.13. The monoisotopic (exact) mass is 441 g/mol. The van der Waals surface area contributed by atoms with Crippen LogP contribution in [0.1, 0.15) is 35.5 Å². The predicted molar refractivity (Wildman–Crippen MR) is 112 cm³/mol. The number of anilines is 2. The number of amides is 1. The molecular weight excluding hydrogens is 422 g/mol. The van der Waals surface area contributed by atoms with Crippen LogP contribution in [0.3, 0.4) is 0 Å². The van der Waals surface area contributed by atoms with E-state index in [0.29, 0.717) is 23.8 Å². The molecule has 11 nitrogen and oxygen atoms in total. The number of nitriles is 1. The summed E-state index contributed by atoms with van der Waals surface area (Å²) in [6, 6.07) is 5.40. The molecule has 0 spiro atoms. The standard InChI is InChI=1S/C19H19N7O4S/c1-11-6-8-21-26(11)19-24-23-18(31-19)22-16(27)14-10-13(15(29-2)17(28)30-14)25-9-3-4-12(25)5-7-20/h6,8,10,12H,3-5,9H2,1-2H3,(H,22,23,27)/t12-/m0/s1. The molecule has 0 unspecified atom stereocenters. The number of carbonyl (C=O) groups excluding carboxylic acids is 1. The quantitative estimate of drug-likeness (QED) is 0.609. The van der Waals surface area contributed by atoms with E-state index in [1.807, 2.05) is 17.9 Å². The summed E-state index contributed by atoms with van der Waals surface area (Å²) in [7, 11) is 1.37. The largest absolute Gasteiger partial charge is 0.488 e. The van der Waals surface area contributed by atoms with E-state index in [1.165, 1.54) is 13.2 Å². The highest BCUT2D eigenvalue weighted by molar-refractivity contribution is 7.17. The Morgan fingerprint density at radius 1 is 1.48 bits per heavy atom. The summed E-state index contributed by atoms with van der Waals surface area (Å²) in [5.74, 6) is -0.818. The third-order valence-corrected chi connectivity index (χ3v) is 5.79. The summed E-state index contributed by atoms with van der Waals surface area (Å²) in [6.45, 7) is 2.52. The smallest absolute Gasteiger partial charge is 0.381 e. The van der Waals surface area contributed by atoms with Crippen molar-refractivity contribution in [1.29, 1.82) is 5.26 Å². The highest BCUT2D eigenvalue weighted by atomic mass is 32.1. The van der Waals surface area contributed by atoms with Crippen molar-refractivity contribution in [1.82, 2.24) is 20.0 Å². The topological polar surface area (TPSA) is 139 Å². The Morgan fingerprint density at radius 2 is 2.32 bits per heavy atom. The Labute approximate surface area is 180 Å². The van der Waals surface area contributed by atoms with Gasteiger partial charge in [-0.1, -0.05) is 11.3 Å². The lowest BCUT2D eigenvalue weighted by Crippen LogP contribution is -2.31. The molecule has 0 aromatic carbocycles. The maximum atomic E-state index is 12.8. The van der Waals surface area contributed by atoms with E-state index in [4.69, 9.17) is 14.4 Å². The molecule has 4 rings (SSSR count). The molecule has 0 saturated carbocycles. The van der Waals surface area contributed by atoms with Gasteiger partial charge in [0.2, 0.25) is 16.0 Å². The Kier molecular flexibility index (Phi) is 5.68. The van der Waals surface area contributed by atoms with Crippen molar-refractivity contribution in [2.24, 2.45) is 0 Å². The lowest BCUT2D eigenvalue weighted by molar-refractivity contribution is 0.0991. The minimum absolute atomic E-state index is 0.00810. The maximum absolute atomic E-state index is 12.8. The third kappa shape index (κ3) is 3.99. The molecule has 1 fully saturated rings. The normalized spacial score (nSPS) is 15.6. The van der Waals surface area contributed by atoms with Gasteiger partial charge in [-0.2, -0.15) is 10.4 Å². The summed E-state index contributed by atoms with van der Waals surface area (Å²) in [5.41, 5.74) is 0.544. The Hall–Kier alpha value is -3.72. The van der Waals surface area contributed by atoms with Crippen molar-refractivity contribution in [2.45, 2.75) is 32.2 Å². The van der Waals surface area contributed by atoms with Crippen LogP contribution in [0, 0.1) is 18.3 Å². The summed E-state index contributed by atoms with van der Waals surface area (Å²) >= 11 is 1.13. The van der Waals surface area contributed by atoms with Gasteiger partial charge in [0.15, 0.2) is 5.76 Å². The van der Waals surface area contributed by atoms with E-state index in [-0.39, 0.29) is 22.7 Å². The molecule has 1 N–H and O–H groups in total. The molecule has 1 atom stereocenters. The SMILES string of the molecule is COc1c(N2CCC[C@H]2CC#N)cc(C(=O)Nc2nnc(-n3nccc3C)s2)oc1=O. The Bertz CT molecular complexity index is 1210. The second-order valence-electron chi connectivity index (χ2n) is 6.90. The number of ether oxygens (including phenoxy) is 1. The zero-order chi connectivity index (χ0) is 22.0. The summed E-state index contributed by atoms with van der Waals surface area (Å²) < 4.78 is 12.0. The van der Waals surface area contributed by atoms with E-state index < -0.39 is 11.5 Å². The maximum Gasteiger partial charge on any atom is 0.381 e. The van der Waals surface area contributed by atoms with Crippen molar-refractivity contribution in [2.75, 3.05) is 23.9 Å². The number of hydrogen-bond donors (Lipinski definition) is 1. The van der Waals surface area contributed by atoms with Gasteiger partial charge in [0.25, 0.3) is 5.91 Å². The number of nitrogens with zero attached hydrogens (tertiary/aromatic N) is 6. The van der Waals surface area contributed by atoms with E-state index >= 15 is 0 Å². The van der Waals surface area contributed by atoms with Gasteiger partial charge in [-0.15, -0.1) is 10.2 Å². The van der Waals surface area contributed by atoms with Crippen LogP contribution in [0.25, 0.3) is 5.13 Å². The van der Waals surface area contributed by atoms with Gasteiger partial charge >= 0.3 is 5.63 Å². The van der Waals surface area contributed by atoms with Crippen LogP contribution >= 0.6 is 11.3 Å². The van der Waals surface area contributed by atoms with Crippen LogP contribution in [-0.4, -0.2) is 45.6 Å². The van der Waals surface area contributed by atoms with Crippen LogP contribution in [0.5, 0.6) is 5.75 Å². The van der Waals surface area contributed by atoms with Crippen LogP contribution in [0.2, 0.25) is 0 Å². The van der Waals surface area contributed by atoms with Gasteiger partial charge in [-0.3, -0.25) is 10.1 Å². The van der Waals surface area contributed by atoms with Crippen molar-refractivity contribution in [3.05, 3.63) is 40.2 Å². The van der Waals surface area contributed by atoms with Crippen molar-refractivity contribution in [3.63, 3.8) is 0 Å². The number of methoxy groups -OCH3 is 1. The summed E-state index contributed by atoms with van der Waals surface area (Å²) in [6.07, 6.45) is 3.64. The van der Waals surface area contributed by atoms with Gasteiger partial charge in [0.05, 0.1) is 25.3 Å². The molecule has 4 heterocycles. The first-order chi connectivity index (χ1) is 15.0. The molecule has 3 aromatic rings. The molecule has 0 radical (unpaired) electrons. The lowest BCUT2D eigenvalue weighted by atomic mass is 10.1. The van der Waals surface area contributed by atoms with Crippen molar-refractivity contribution < 1.29 is 13.9 Å². The van der Waals surface area contributed by atoms with Crippen LogP contribution in [0.4, 0.5) is 10.8 Å². The highest BCUT2D eigenvalue weighted by Crippen LogP contribution is 2.33. The van der Waals surface area contributed by atoms with Gasteiger partial charge in [0, 0.05) is 30.5 Å². The second-order valence-corrected chi connectivity index (χ2v) is 7.85. The summed E-state index contributed by atoms with van der Waals surface area (Å²) in [5, 5.41) is 24.6. The second kappa shape index (κ2) is 8.57. The fourth-order valence-electron chi connectivity index (χ4n) is 3.53. The number of carbonyl (C=O) groups is 1. The number of aromatic nitrogens is 4. The molecule has 1 aliphatic heterocycles. The first-order valence-electron chi connectivity index (χ1n) is 9.53. The average molecular weight is 441 g/mol. The molecule has 1 aliphatic rings. The number of nitrogens with one attached hydrogen (secondary N) is 1. The molecule has 160 valence electrons. The molecule has 1 saturated heterocycles. The van der Waals surface area contributed by atoms with Crippen LogP contribution in [-0.2, 0) is 0 Å². The first kappa shape index (κ1) is 20.5. The highest BCUT2D eigenvalue weighted by Gasteiger charge is 2.30. The minimum Gasteiger partial charge on any atom is -0.488 e. The van der Waals surface area contributed by atoms with Crippen LogP contribution in [0.15, 0.2) is 27.5 Å². The van der Waals surface area contributed by atoms with Gasteiger partial charge in [-0.25, -0.2) is 9.48 Å². The summed E-state index contributed by atoms with van der Waals surface area (Å²) in [4.78, 5) is 27.1. The average Bonchev–Trinajstić information content (AvgIpc) is 3.49. The Morgan fingerprint density at radius 3 is 3.03 bits per heavy atom. The molecule has 0 bridgehead atoms. The fraction of sp³-hybridized carbons (Fsp3) is 0.368. The van der Waals surface area contributed by atoms with Gasteiger partial charge in [0.1, 0.15) is 0 Å². The van der Waals surface area contributed by atoms with E-state index in [0.717, 1.165) is 29.9 Å².